The molecule has 0 spiro atoms. The summed E-state index contributed by atoms with van der Waals surface area (Å²) < 4.78 is 0.977. The molecular formula is C29H33BrN2O2S. The van der Waals surface area contributed by atoms with Gasteiger partial charge in [-0.05, 0) is 56.2 Å². The molecule has 0 aliphatic rings. The van der Waals surface area contributed by atoms with Crippen LogP contribution in [0.2, 0.25) is 0 Å². The van der Waals surface area contributed by atoms with Crippen LogP contribution >= 0.6 is 27.7 Å². The molecule has 0 saturated heterocycles. The Kier molecular flexibility index (Phi) is 9.99. The molecule has 1 N–H and O–H groups in total. The summed E-state index contributed by atoms with van der Waals surface area (Å²) in [5.74, 6) is 0.488. The number of rotatable bonds is 10. The van der Waals surface area contributed by atoms with E-state index in [1.807, 2.05) is 106 Å². The van der Waals surface area contributed by atoms with Crippen LogP contribution < -0.4 is 5.32 Å². The van der Waals surface area contributed by atoms with E-state index in [2.05, 4.69) is 21.2 Å². The number of hydrogen-bond donors (Lipinski definition) is 1. The van der Waals surface area contributed by atoms with Gasteiger partial charge in [-0.15, -0.1) is 11.8 Å². The molecule has 0 fully saturated rings. The van der Waals surface area contributed by atoms with E-state index in [1.165, 1.54) is 0 Å². The second-order valence-corrected chi connectivity index (χ2v) is 11.6. The van der Waals surface area contributed by atoms with Gasteiger partial charge in [-0.3, -0.25) is 9.59 Å². The summed E-state index contributed by atoms with van der Waals surface area (Å²) in [6.07, 6.45) is 0.807. The zero-order chi connectivity index (χ0) is 25.3. The second-order valence-electron chi connectivity index (χ2n) is 9.50. The zero-order valence-corrected chi connectivity index (χ0v) is 22.9. The number of nitrogens with zero attached hydrogens (tertiary/aromatic N) is 1. The van der Waals surface area contributed by atoms with E-state index < -0.39 is 11.6 Å². The molecule has 6 heteroatoms. The average molecular weight is 554 g/mol. The molecule has 35 heavy (non-hydrogen) atoms. The highest BCUT2D eigenvalue weighted by molar-refractivity contribution is 9.10. The van der Waals surface area contributed by atoms with Crippen LogP contribution in [0.15, 0.2) is 94.3 Å². The first-order chi connectivity index (χ1) is 16.7. The molecule has 0 aliphatic heterocycles. The fourth-order valence-corrected chi connectivity index (χ4v) is 4.84. The van der Waals surface area contributed by atoms with Gasteiger partial charge in [0.25, 0.3) is 0 Å². The summed E-state index contributed by atoms with van der Waals surface area (Å²) in [6, 6.07) is 27.3. The van der Waals surface area contributed by atoms with E-state index in [9.17, 15) is 9.59 Å². The summed E-state index contributed by atoms with van der Waals surface area (Å²) in [7, 11) is 0. The lowest BCUT2D eigenvalue weighted by atomic mass is 10.0. The predicted octanol–water partition coefficient (Wildman–Crippen LogP) is 6.49. The molecule has 0 bridgehead atoms. The maximum absolute atomic E-state index is 13.6. The van der Waals surface area contributed by atoms with E-state index in [0.717, 1.165) is 20.5 Å². The first-order valence-electron chi connectivity index (χ1n) is 11.8. The Morgan fingerprint density at radius 3 is 2.09 bits per heavy atom. The van der Waals surface area contributed by atoms with E-state index in [1.54, 1.807) is 16.7 Å². The van der Waals surface area contributed by atoms with Gasteiger partial charge in [-0.1, -0.05) is 76.6 Å². The minimum atomic E-state index is -0.616. The quantitative estimate of drug-likeness (QED) is 0.292. The summed E-state index contributed by atoms with van der Waals surface area (Å²) >= 11 is 5.13. The van der Waals surface area contributed by atoms with Gasteiger partial charge >= 0.3 is 0 Å². The summed E-state index contributed by atoms with van der Waals surface area (Å²) in [6.45, 7) is 6.25. The number of nitrogens with one attached hydrogen (secondary N) is 1. The van der Waals surface area contributed by atoms with Gasteiger partial charge in [0.2, 0.25) is 11.8 Å². The van der Waals surface area contributed by atoms with Gasteiger partial charge in [0.15, 0.2) is 0 Å². The molecule has 0 aliphatic carbocycles. The maximum Gasteiger partial charge on any atom is 0.243 e. The Hall–Kier alpha value is -2.57. The first kappa shape index (κ1) is 27.0. The van der Waals surface area contributed by atoms with Crippen LogP contribution in [-0.2, 0) is 22.6 Å². The van der Waals surface area contributed by atoms with Crippen molar-refractivity contribution in [3.8, 4) is 0 Å². The van der Waals surface area contributed by atoms with Crippen LogP contribution in [0.5, 0.6) is 0 Å². The van der Waals surface area contributed by atoms with E-state index in [0.29, 0.717) is 25.1 Å². The summed E-state index contributed by atoms with van der Waals surface area (Å²) in [5.41, 5.74) is 1.61. The molecule has 1 atom stereocenters. The molecule has 3 aromatic rings. The number of benzene rings is 3. The Labute approximate surface area is 221 Å². The molecule has 2 amide bonds. The third-order valence-electron chi connectivity index (χ3n) is 5.36. The van der Waals surface area contributed by atoms with Crippen LogP contribution in [0.1, 0.15) is 38.3 Å². The maximum atomic E-state index is 13.6. The molecule has 4 nitrogen and oxygen atoms in total. The van der Waals surface area contributed by atoms with Crippen LogP contribution in [-0.4, -0.2) is 34.0 Å². The Morgan fingerprint density at radius 2 is 1.49 bits per heavy atom. The van der Waals surface area contributed by atoms with Crippen molar-refractivity contribution in [1.82, 2.24) is 10.2 Å². The lowest BCUT2D eigenvalue weighted by Crippen LogP contribution is -2.54. The van der Waals surface area contributed by atoms with Gasteiger partial charge < -0.3 is 10.2 Å². The Balaban J connectivity index is 1.86. The van der Waals surface area contributed by atoms with Gasteiger partial charge in [-0.2, -0.15) is 0 Å². The zero-order valence-electron chi connectivity index (χ0n) is 20.5. The SMILES string of the molecule is CC(C)(C)NC(=O)[C@H](Cc1ccccc1)N(Cc1ccc(Br)cc1)C(=O)CCSc1ccccc1. The van der Waals surface area contributed by atoms with Crippen molar-refractivity contribution < 1.29 is 9.59 Å². The molecule has 0 aromatic heterocycles. The molecule has 3 rings (SSSR count). The normalized spacial score (nSPS) is 12.1. The smallest absolute Gasteiger partial charge is 0.243 e. The van der Waals surface area contributed by atoms with E-state index in [4.69, 9.17) is 0 Å². The van der Waals surface area contributed by atoms with Crippen molar-refractivity contribution >= 4 is 39.5 Å². The fraction of sp³-hybridized carbons (Fsp3) is 0.310. The average Bonchev–Trinajstić information content (AvgIpc) is 2.82. The van der Waals surface area contributed by atoms with Crippen LogP contribution in [0, 0.1) is 0 Å². The van der Waals surface area contributed by atoms with Gasteiger partial charge in [0.05, 0.1) is 0 Å². The minimum absolute atomic E-state index is 0.0265. The van der Waals surface area contributed by atoms with Crippen molar-refractivity contribution in [2.75, 3.05) is 5.75 Å². The lowest BCUT2D eigenvalue weighted by Gasteiger charge is -2.34. The number of carbonyl (C=O) groups excluding carboxylic acids is 2. The minimum Gasteiger partial charge on any atom is -0.350 e. The van der Waals surface area contributed by atoms with Crippen molar-refractivity contribution in [2.45, 2.75) is 56.6 Å². The fourth-order valence-electron chi connectivity index (χ4n) is 3.71. The van der Waals surface area contributed by atoms with Crippen LogP contribution in [0.25, 0.3) is 0 Å². The number of amides is 2. The molecule has 0 saturated carbocycles. The monoisotopic (exact) mass is 552 g/mol. The van der Waals surface area contributed by atoms with Gasteiger partial charge in [0, 0.05) is 40.0 Å². The molecule has 3 aromatic carbocycles. The highest BCUT2D eigenvalue weighted by Crippen LogP contribution is 2.21. The molecular weight excluding hydrogens is 520 g/mol. The first-order valence-corrected chi connectivity index (χ1v) is 13.6. The number of hydrogen-bond acceptors (Lipinski definition) is 3. The number of halogens is 1. The molecule has 184 valence electrons. The third kappa shape index (κ3) is 9.19. The van der Waals surface area contributed by atoms with Crippen molar-refractivity contribution in [3.05, 3.63) is 101 Å². The number of thioether (sulfide) groups is 1. The topological polar surface area (TPSA) is 49.4 Å². The van der Waals surface area contributed by atoms with Crippen molar-refractivity contribution in [3.63, 3.8) is 0 Å². The van der Waals surface area contributed by atoms with Crippen LogP contribution in [0.4, 0.5) is 0 Å². The standard InChI is InChI=1S/C29H33BrN2O2S/c1-29(2,3)31-28(34)26(20-22-10-6-4-7-11-22)32(21-23-14-16-24(30)17-15-23)27(33)18-19-35-25-12-8-5-9-13-25/h4-17,26H,18-21H2,1-3H3,(H,31,34)/t26-/m0/s1. The van der Waals surface area contributed by atoms with Gasteiger partial charge in [-0.25, -0.2) is 0 Å². The van der Waals surface area contributed by atoms with Crippen molar-refractivity contribution in [2.24, 2.45) is 0 Å². The molecule has 0 radical (unpaired) electrons. The molecule has 0 unspecified atom stereocenters. The Bertz CT molecular complexity index is 1080. The Morgan fingerprint density at radius 1 is 0.886 bits per heavy atom. The van der Waals surface area contributed by atoms with E-state index in [-0.39, 0.29) is 11.8 Å². The lowest BCUT2D eigenvalue weighted by molar-refractivity contribution is -0.141. The largest absolute Gasteiger partial charge is 0.350 e. The number of carbonyl (C=O) groups is 2. The van der Waals surface area contributed by atoms with Gasteiger partial charge in [0.1, 0.15) is 6.04 Å². The predicted molar refractivity (Wildman–Crippen MR) is 148 cm³/mol. The molecule has 0 heterocycles. The van der Waals surface area contributed by atoms with Crippen molar-refractivity contribution in [1.29, 1.82) is 0 Å². The highest BCUT2D eigenvalue weighted by Gasteiger charge is 2.32. The summed E-state index contributed by atoms with van der Waals surface area (Å²) in [5, 5.41) is 3.11. The van der Waals surface area contributed by atoms with Crippen LogP contribution in [0.3, 0.4) is 0 Å². The summed E-state index contributed by atoms with van der Waals surface area (Å²) in [4.78, 5) is 30.0. The second kappa shape index (κ2) is 12.9. The van der Waals surface area contributed by atoms with E-state index >= 15 is 0 Å². The highest BCUT2D eigenvalue weighted by atomic mass is 79.9. The third-order valence-corrected chi connectivity index (χ3v) is 6.91.